The van der Waals surface area contributed by atoms with Gasteiger partial charge in [-0.3, -0.25) is 14.5 Å². The van der Waals surface area contributed by atoms with Gasteiger partial charge in [0, 0.05) is 25.2 Å². The van der Waals surface area contributed by atoms with Gasteiger partial charge in [0.1, 0.15) is 11.5 Å². The van der Waals surface area contributed by atoms with Crippen LogP contribution in [0.1, 0.15) is 5.56 Å². The lowest BCUT2D eigenvalue weighted by atomic mass is 10.1. The topological polar surface area (TPSA) is 88.5 Å². The van der Waals surface area contributed by atoms with Crippen LogP contribution in [-0.2, 0) is 20.7 Å². The van der Waals surface area contributed by atoms with E-state index in [0.29, 0.717) is 43.3 Å². The molecule has 1 heterocycles. The van der Waals surface area contributed by atoms with Gasteiger partial charge in [-0.15, -0.1) is 0 Å². The number of carboxylic acids is 1. The number of rotatable bonds is 8. The molecule has 144 valence electrons. The molecule has 8 heteroatoms. The largest absolute Gasteiger partial charge is 0.496 e. The Balaban J connectivity index is 2.00. The first kappa shape index (κ1) is 20.0. The first-order valence-corrected chi connectivity index (χ1v) is 8.44. The van der Waals surface area contributed by atoms with Crippen LogP contribution in [0, 0.1) is 0 Å². The fraction of sp³-hybridized carbons (Fsp3) is 0.556. The lowest BCUT2D eigenvalue weighted by Gasteiger charge is -2.34. The molecule has 1 amide bonds. The molecule has 1 saturated heterocycles. The van der Waals surface area contributed by atoms with E-state index in [9.17, 15) is 9.59 Å². The molecule has 2 rings (SSSR count). The van der Waals surface area contributed by atoms with Crippen molar-refractivity contribution in [2.75, 3.05) is 54.1 Å². The lowest BCUT2D eigenvalue weighted by Crippen LogP contribution is -2.50. The molecule has 8 nitrogen and oxygen atoms in total. The summed E-state index contributed by atoms with van der Waals surface area (Å²) in [5.74, 6) is 0.300. The fourth-order valence-corrected chi connectivity index (χ4v) is 3.06. The van der Waals surface area contributed by atoms with Crippen molar-refractivity contribution in [2.24, 2.45) is 0 Å². The Morgan fingerprint density at radius 1 is 1.31 bits per heavy atom. The van der Waals surface area contributed by atoms with Crippen LogP contribution in [0.15, 0.2) is 18.2 Å². The minimum Gasteiger partial charge on any atom is -0.496 e. The van der Waals surface area contributed by atoms with Crippen molar-refractivity contribution < 1.29 is 28.9 Å². The quantitative estimate of drug-likeness (QED) is 0.716. The van der Waals surface area contributed by atoms with E-state index in [4.69, 9.17) is 19.3 Å². The van der Waals surface area contributed by atoms with Crippen molar-refractivity contribution in [2.45, 2.75) is 12.5 Å². The predicted octanol–water partition coefficient (Wildman–Crippen LogP) is 0.490. The third-order valence-electron chi connectivity index (χ3n) is 4.27. The van der Waals surface area contributed by atoms with E-state index in [2.05, 4.69) is 0 Å². The zero-order valence-corrected chi connectivity index (χ0v) is 15.4. The highest BCUT2D eigenvalue weighted by Crippen LogP contribution is 2.29. The number of hydrogen-bond acceptors (Lipinski definition) is 6. The first-order chi connectivity index (χ1) is 12.4. The third kappa shape index (κ3) is 5.34. The monoisotopic (exact) mass is 366 g/mol. The summed E-state index contributed by atoms with van der Waals surface area (Å²) in [6.07, 6.45) is -0.0400. The highest BCUT2D eigenvalue weighted by atomic mass is 16.5. The maximum absolute atomic E-state index is 12.8. The van der Waals surface area contributed by atoms with Gasteiger partial charge in [0.2, 0.25) is 5.91 Å². The number of benzene rings is 1. The summed E-state index contributed by atoms with van der Waals surface area (Å²) >= 11 is 0. The van der Waals surface area contributed by atoms with E-state index >= 15 is 0 Å². The number of hydrogen-bond donors (Lipinski definition) is 1. The van der Waals surface area contributed by atoms with Crippen molar-refractivity contribution >= 4 is 11.9 Å². The predicted molar refractivity (Wildman–Crippen MR) is 94.7 cm³/mol. The molecule has 0 saturated carbocycles. The van der Waals surface area contributed by atoms with Crippen molar-refractivity contribution in [1.82, 2.24) is 9.80 Å². The van der Waals surface area contributed by atoms with Crippen LogP contribution >= 0.6 is 0 Å². The second-order valence-electron chi connectivity index (χ2n) is 6.24. The summed E-state index contributed by atoms with van der Waals surface area (Å²) in [6.45, 7) is 1.76. The van der Waals surface area contributed by atoms with E-state index in [1.165, 1.54) is 0 Å². The third-order valence-corrected chi connectivity index (χ3v) is 4.27. The molecule has 1 fully saturated rings. The summed E-state index contributed by atoms with van der Waals surface area (Å²) in [5.41, 5.74) is 0.716. The van der Waals surface area contributed by atoms with Gasteiger partial charge in [0.15, 0.2) is 0 Å². The number of carboxylic acid groups (broad SMARTS) is 1. The summed E-state index contributed by atoms with van der Waals surface area (Å²) in [7, 11) is 4.84. The summed E-state index contributed by atoms with van der Waals surface area (Å²) < 4.78 is 16.4. The Labute approximate surface area is 153 Å². The normalized spacial score (nSPS) is 17.2. The van der Waals surface area contributed by atoms with Crippen LogP contribution < -0.4 is 9.47 Å². The first-order valence-electron chi connectivity index (χ1n) is 8.44. The number of aliphatic carboxylic acids is 1. The van der Waals surface area contributed by atoms with E-state index in [1.807, 2.05) is 6.07 Å². The number of ether oxygens (including phenoxy) is 3. The van der Waals surface area contributed by atoms with E-state index in [0.717, 1.165) is 0 Å². The number of carbonyl (C=O) groups excluding carboxylic acids is 1. The van der Waals surface area contributed by atoms with Crippen LogP contribution in [-0.4, -0.2) is 86.9 Å². The highest BCUT2D eigenvalue weighted by Gasteiger charge is 2.27. The molecule has 1 aliphatic heterocycles. The van der Waals surface area contributed by atoms with Crippen molar-refractivity contribution in [3.8, 4) is 11.5 Å². The SMILES string of the molecule is COc1cccc(OC)c1CC(=O)N1CCOC(CN(C)CC(=O)O)C1. The maximum atomic E-state index is 12.8. The van der Waals surface area contributed by atoms with Crippen LogP contribution in [0.25, 0.3) is 0 Å². The average molecular weight is 366 g/mol. The molecule has 1 aromatic carbocycles. The summed E-state index contributed by atoms with van der Waals surface area (Å²) in [5, 5.41) is 8.85. The molecule has 1 unspecified atom stereocenters. The Kier molecular flexibility index (Phi) is 7.23. The molecule has 0 aliphatic carbocycles. The van der Waals surface area contributed by atoms with Crippen LogP contribution in [0.3, 0.4) is 0 Å². The second-order valence-corrected chi connectivity index (χ2v) is 6.24. The molecule has 0 spiro atoms. The zero-order valence-electron chi connectivity index (χ0n) is 15.4. The van der Waals surface area contributed by atoms with Gasteiger partial charge in [0.25, 0.3) is 0 Å². The second kappa shape index (κ2) is 9.40. The van der Waals surface area contributed by atoms with E-state index < -0.39 is 5.97 Å². The Hall–Kier alpha value is -2.32. The van der Waals surface area contributed by atoms with Gasteiger partial charge in [-0.25, -0.2) is 0 Å². The average Bonchev–Trinajstić information content (AvgIpc) is 2.61. The number of likely N-dealkylation sites (N-methyl/N-ethyl adjacent to an activating group) is 1. The molecule has 0 bridgehead atoms. The molecule has 0 radical (unpaired) electrons. The Morgan fingerprint density at radius 3 is 2.54 bits per heavy atom. The minimum absolute atomic E-state index is 0.0398. The molecule has 1 aromatic rings. The smallest absolute Gasteiger partial charge is 0.317 e. The number of amides is 1. The molecular weight excluding hydrogens is 340 g/mol. The van der Waals surface area contributed by atoms with E-state index in [1.54, 1.807) is 43.2 Å². The number of methoxy groups -OCH3 is 2. The summed E-state index contributed by atoms with van der Waals surface area (Å²) in [4.78, 5) is 27.0. The van der Waals surface area contributed by atoms with Gasteiger partial charge in [-0.05, 0) is 19.2 Å². The Bertz CT molecular complexity index is 614. The maximum Gasteiger partial charge on any atom is 0.317 e. The van der Waals surface area contributed by atoms with Gasteiger partial charge in [0.05, 0.1) is 39.9 Å². The fourth-order valence-electron chi connectivity index (χ4n) is 3.06. The lowest BCUT2D eigenvalue weighted by molar-refractivity contribution is -0.142. The van der Waals surface area contributed by atoms with Gasteiger partial charge >= 0.3 is 5.97 Å². The van der Waals surface area contributed by atoms with Crippen molar-refractivity contribution in [1.29, 1.82) is 0 Å². The van der Waals surface area contributed by atoms with Gasteiger partial charge in [-0.1, -0.05) is 6.07 Å². The van der Waals surface area contributed by atoms with Crippen molar-refractivity contribution in [3.63, 3.8) is 0 Å². The standard InChI is InChI=1S/C18H26N2O6/c1-19(12-18(22)23)10-13-11-20(7-8-26-13)17(21)9-14-15(24-2)5-4-6-16(14)25-3/h4-6,13H,7-12H2,1-3H3,(H,22,23). The molecule has 1 aliphatic rings. The minimum atomic E-state index is -0.889. The van der Waals surface area contributed by atoms with Crippen LogP contribution in [0.4, 0.5) is 0 Å². The van der Waals surface area contributed by atoms with Crippen molar-refractivity contribution in [3.05, 3.63) is 23.8 Å². The molecule has 1 N–H and O–H groups in total. The molecule has 1 atom stereocenters. The number of nitrogens with zero attached hydrogens (tertiary/aromatic N) is 2. The summed E-state index contributed by atoms with van der Waals surface area (Å²) in [6, 6.07) is 5.41. The van der Waals surface area contributed by atoms with Crippen LogP contribution in [0.2, 0.25) is 0 Å². The zero-order chi connectivity index (χ0) is 19.1. The molecule has 0 aromatic heterocycles. The molecular formula is C18H26N2O6. The van der Waals surface area contributed by atoms with E-state index in [-0.39, 0.29) is 25.0 Å². The Morgan fingerprint density at radius 2 is 1.96 bits per heavy atom. The number of morpholine rings is 1. The van der Waals surface area contributed by atoms with Crippen LogP contribution in [0.5, 0.6) is 11.5 Å². The molecule has 26 heavy (non-hydrogen) atoms. The number of carbonyl (C=O) groups is 2. The van der Waals surface area contributed by atoms with Gasteiger partial charge < -0.3 is 24.2 Å². The highest BCUT2D eigenvalue weighted by molar-refractivity contribution is 5.80. The van der Waals surface area contributed by atoms with Gasteiger partial charge in [-0.2, -0.15) is 0 Å².